The zero-order valence-corrected chi connectivity index (χ0v) is 13.1. The molecule has 0 aliphatic carbocycles. The molecule has 5 heteroatoms. The van der Waals surface area contributed by atoms with E-state index in [0.717, 1.165) is 16.9 Å². The molecule has 112 valence electrons. The quantitative estimate of drug-likeness (QED) is 0.707. The van der Waals surface area contributed by atoms with Crippen molar-refractivity contribution in [3.05, 3.63) is 64.5 Å². The lowest BCUT2D eigenvalue weighted by molar-refractivity contribution is 0.263. The number of nitrogens with zero attached hydrogens (tertiary/aromatic N) is 2. The van der Waals surface area contributed by atoms with Gasteiger partial charge >= 0.3 is 0 Å². The Bertz CT molecular complexity index is 799. The van der Waals surface area contributed by atoms with E-state index in [0.29, 0.717) is 16.8 Å². The van der Waals surface area contributed by atoms with Gasteiger partial charge in [0.1, 0.15) is 5.75 Å². The van der Waals surface area contributed by atoms with Crippen molar-refractivity contribution in [1.82, 2.24) is 10.2 Å². The minimum atomic E-state index is 0.234. The fourth-order valence-electron chi connectivity index (χ4n) is 2.15. The highest BCUT2D eigenvalue weighted by Gasteiger charge is 2.10. The van der Waals surface area contributed by atoms with Crippen LogP contribution in [-0.2, 0) is 6.61 Å². The Hall–Kier alpha value is -2.33. The molecule has 0 saturated heterocycles. The van der Waals surface area contributed by atoms with Gasteiger partial charge in [-0.3, -0.25) is 0 Å². The van der Waals surface area contributed by atoms with E-state index < -0.39 is 0 Å². The first-order chi connectivity index (χ1) is 10.6. The third kappa shape index (κ3) is 3.28. The van der Waals surface area contributed by atoms with Gasteiger partial charge in [0.25, 0.3) is 5.89 Å². The predicted molar refractivity (Wildman–Crippen MR) is 85.0 cm³/mol. The number of hydrogen-bond donors (Lipinski definition) is 0. The number of aryl methyl sites for hydroxylation is 2. The van der Waals surface area contributed by atoms with Crippen molar-refractivity contribution in [3.8, 4) is 17.2 Å². The standard InChI is InChI=1S/C17H15ClN2O2/c1-11-6-7-15(12(2)8-11)21-10-16-19-20-17(22-16)13-4-3-5-14(18)9-13/h3-9H,10H2,1-2H3. The third-order valence-electron chi connectivity index (χ3n) is 3.22. The van der Waals surface area contributed by atoms with Crippen molar-refractivity contribution < 1.29 is 9.15 Å². The minimum Gasteiger partial charge on any atom is -0.484 e. The van der Waals surface area contributed by atoms with E-state index >= 15 is 0 Å². The summed E-state index contributed by atoms with van der Waals surface area (Å²) >= 11 is 5.96. The molecule has 0 aliphatic heterocycles. The summed E-state index contributed by atoms with van der Waals surface area (Å²) in [6.07, 6.45) is 0. The van der Waals surface area contributed by atoms with Gasteiger partial charge in [-0.2, -0.15) is 0 Å². The van der Waals surface area contributed by atoms with Crippen LogP contribution in [0, 0.1) is 13.8 Å². The maximum Gasteiger partial charge on any atom is 0.254 e. The van der Waals surface area contributed by atoms with Gasteiger partial charge in [-0.25, -0.2) is 0 Å². The molecule has 0 fully saturated rings. The Morgan fingerprint density at radius 1 is 1.09 bits per heavy atom. The Morgan fingerprint density at radius 3 is 2.73 bits per heavy atom. The fourth-order valence-corrected chi connectivity index (χ4v) is 2.34. The van der Waals surface area contributed by atoms with E-state index in [4.69, 9.17) is 20.8 Å². The highest BCUT2D eigenvalue weighted by Crippen LogP contribution is 2.23. The van der Waals surface area contributed by atoms with Crippen molar-refractivity contribution in [2.45, 2.75) is 20.5 Å². The van der Waals surface area contributed by atoms with E-state index in [1.165, 1.54) is 5.56 Å². The smallest absolute Gasteiger partial charge is 0.254 e. The molecule has 0 saturated carbocycles. The maximum atomic E-state index is 5.96. The van der Waals surface area contributed by atoms with Crippen LogP contribution in [0.15, 0.2) is 46.9 Å². The summed E-state index contributed by atoms with van der Waals surface area (Å²) in [5.41, 5.74) is 3.07. The summed E-state index contributed by atoms with van der Waals surface area (Å²) in [5, 5.41) is 8.65. The van der Waals surface area contributed by atoms with Crippen molar-refractivity contribution in [2.24, 2.45) is 0 Å². The van der Waals surface area contributed by atoms with Crippen LogP contribution < -0.4 is 4.74 Å². The molecule has 0 N–H and O–H groups in total. The molecule has 4 nitrogen and oxygen atoms in total. The number of hydrogen-bond acceptors (Lipinski definition) is 4. The zero-order valence-electron chi connectivity index (χ0n) is 12.3. The molecule has 1 heterocycles. The van der Waals surface area contributed by atoms with Crippen LogP contribution in [0.5, 0.6) is 5.75 Å². The number of benzene rings is 2. The Kier molecular flexibility index (Phi) is 4.11. The van der Waals surface area contributed by atoms with E-state index in [9.17, 15) is 0 Å². The van der Waals surface area contributed by atoms with Crippen molar-refractivity contribution in [2.75, 3.05) is 0 Å². The second-order valence-corrected chi connectivity index (χ2v) is 5.51. The van der Waals surface area contributed by atoms with Gasteiger partial charge in [0.05, 0.1) is 0 Å². The van der Waals surface area contributed by atoms with Crippen LogP contribution >= 0.6 is 11.6 Å². The van der Waals surface area contributed by atoms with Gasteiger partial charge < -0.3 is 9.15 Å². The summed E-state index contributed by atoms with van der Waals surface area (Å²) in [6.45, 7) is 4.29. The molecule has 0 amide bonds. The van der Waals surface area contributed by atoms with Gasteiger partial charge in [0.15, 0.2) is 6.61 Å². The first kappa shape index (κ1) is 14.6. The molecule has 3 aromatic rings. The molecule has 2 aromatic carbocycles. The summed E-state index contributed by atoms with van der Waals surface area (Å²) in [5.74, 6) is 1.67. The number of rotatable bonds is 4. The first-order valence-electron chi connectivity index (χ1n) is 6.90. The SMILES string of the molecule is Cc1ccc(OCc2nnc(-c3cccc(Cl)c3)o2)c(C)c1. The normalized spacial score (nSPS) is 10.7. The highest BCUT2D eigenvalue weighted by molar-refractivity contribution is 6.30. The van der Waals surface area contributed by atoms with Gasteiger partial charge in [-0.15, -0.1) is 10.2 Å². The van der Waals surface area contributed by atoms with Crippen LogP contribution in [0.2, 0.25) is 5.02 Å². The van der Waals surface area contributed by atoms with E-state index in [1.54, 1.807) is 12.1 Å². The van der Waals surface area contributed by atoms with Crippen molar-refractivity contribution >= 4 is 11.6 Å². The molecule has 1 aromatic heterocycles. The number of aromatic nitrogens is 2. The second-order valence-electron chi connectivity index (χ2n) is 5.07. The minimum absolute atomic E-state index is 0.234. The molecule has 0 unspecified atom stereocenters. The fraction of sp³-hybridized carbons (Fsp3) is 0.176. The molecule has 0 aliphatic rings. The summed E-state index contributed by atoms with van der Waals surface area (Å²) < 4.78 is 11.3. The van der Waals surface area contributed by atoms with E-state index in [2.05, 4.69) is 16.3 Å². The van der Waals surface area contributed by atoms with Crippen LogP contribution in [0.1, 0.15) is 17.0 Å². The lowest BCUT2D eigenvalue weighted by Crippen LogP contribution is -1.97. The second kappa shape index (κ2) is 6.20. The lowest BCUT2D eigenvalue weighted by atomic mass is 10.1. The predicted octanol–water partition coefficient (Wildman–Crippen LogP) is 4.59. The Labute approximate surface area is 133 Å². The molecular weight excluding hydrogens is 300 g/mol. The molecule has 3 rings (SSSR count). The monoisotopic (exact) mass is 314 g/mol. The van der Waals surface area contributed by atoms with Gasteiger partial charge in [-0.1, -0.05) is 35.4 Å². The first-order valence-corrected chi connectivity index (χ1v) is 7.28. The van der Waals surface area contributed by atoms with Crippen LogP contribution in [0.4, 0.5) is 0 Å². The summed E-state index contributed by atoms with van der Waals surface area (Å²) in [6, 6.07) is 13.3. The summed E-state index contributed by atoms with van der Waals surface area (Å²) in [4.78, 5) is 0. The Morgan fingerprint density at radius 2 is 1.95 bits per heavy atom. The van der Waals surface area contributed by atoms with Crippen molar-refractivity contribution in [1.29, 1.82) is 0 Å². The summed E-state index contributed by atoms with van der Waals surface area (Å²) in [7, 11) is 0. The maximum absolute atomic E-state index is 5.96. The zero-order chi connectivity index (χ0) is 15.5. The van der Waals surface area contributed by atoms with E-state index in [-0.39, 0.29) is 6.61 Å². The molecule has 0 bridgehead atoms. The number of halogens is 1. The number of ether oxygens (including phenoxy) is 1. The van der Waals surface area contributed by atoms with Crippen LogP contribution in [0.25, 0.3) is 11.5 Å². The third-order valence-corrected chi connectivity index (χ3v) is 3.46. The topological polar surface area (TPSA) is 48.2 Å². The lowest BCUT2D eigenvalue weighted by Gasteiger charge is -2.07. The van der Waals surface area contributed by atoms with E-state index in [1.807, 2.05) is 38.1 Å². The van der Waals surface area contributed by atoms with Crippen LogP contribution in [0.3, 0.4) is 0 Å². The van der Waals surface area contributed by atoms with Gasteiger partial charge in [0, 0.05) is 10.6 Å². The largest absolute Gasteiger partial charge is 0.484 e. The van der Waals surface area contributed by atoms with Gasteiger partial charge in [-0.05, 0) is 43.7 Å². The molecule has 0 atom stereocenters. The Balaban J connectivity index is 1.72. The molecular formula is C17H15ClN2O2. The molecule has 22 heavy (non-hydrogen) atoms. The molecule has 0 radical (unpaired) electrons. The van der Waals surface area contributed by atoms with Crippen LogP contribution in [-0.4, -0.2) is 10.2 Å². The van der Waals surface area contributed by atoms with Gasteiger partial charge in [0.2, 0.25) is 5.89 Å². The highest BCUT2D eigenvalue weighted by atomic mass is 35.5. The van der Waals surface area contributed by atoms with Crippen molar-refractivity contribution in [3.63, 3.8) is 0 Å². The average molecular weight is 315 g/mol. The average Bonchev–Trinajstić information content (AvgIpc) is 2.95. The molecule has 0 spiro atoms.